The molecule has 3 atom stereocenters. The highest BCUT2D eigenvalue weighted by molar-refractivity contribution is 5.09. The van der Waals surface area contributed by atoms with Crippen LogP contribution >= 0.6 is 0 Å². The highest BCUT2D eigenvalue weighted by atomic mass is 16.6. The van der Waals surface area contributed by atoms with Gasteiger partial charge in [0.25, 0.3) is 0 Å². The van der Waals surface area contributed by atoms with E-state index in [1.165, 1.54) is 20.0 Å². The Morgan fingerprint density at radius 1 is 1.03 bits per heavy atom. The number of aromatic nitrogens is 3. The Labute approximate surface area is 191 Å². The van der Waals surface area contributed by atoms with Crippen LogP contribution in [0, 0.1) is 0 Å². The van der Waals surface area contributed by atoms with Gasteiger partial charge in [0.2, 0.25) is 0 Å². The topological polar surface area (TPSA) is 128 Å². The lowest BCUT2D eigenvalue weighted by Gasteiger charge is -2.21. The number of rotatable bonds is 20. The minimum absolute atomic E-state index is 0.205. The molecule has 0 radical (unpaired) electrons. The molecule has 1 heterocycles. The standard InChI is InChI=1S/C22H41N3O7/c1-4-6-7-10-30-11-12-31-13-14-32-17-19-16-25(24-23-19)15-18(5-2)22(28)20(26)8-9-21(27)29-3/h5,16,20-22,26-28H,4,6-15,17H2,1-3H3/b18-5-/t20-,21-,22-/m1/s1. The molecule has 0 aliphatic heterocycles. The van der Waals surface area contributed by atoms with E-state index in [9.17, 15) is 15.3 Å². The molecule has 0 saturated carbocycles. The van der Waals surface area contributed by atoms with Crippen LogP contribution in [-0.4, -0.2) is 89.0 Å². The van der Waals surface area contributed by atoms with Gasteiger partial charge >= 0.3 is 0 Å². The van der Waals surface area contributed by atoms with Crippen molar-refractivity contribution in [2.45, 2.75) is 77.6 Å². The van der Waals surface area contributed by atoms with Crippen LogP contribution < -0.4 is 0 Å². The maximum Gasteiger partial charge on any atom is 0.154 e. The molecule has 0 amide bonds. The van der Waals surface area contributed by atoms with Gasteiger partial charge in [-0.3, -0.25) is 0 Å². The Morgan fingerprint density at radius 2 is 1.72 bits per heavy atom. The first-order valence-electron chi connectivity index (χ1n) is 11.4. The van der Waals surface area contributed by atoms with Crippen molar-refractivity contribution < 1.29 is 34.3 Å². The highest BCUT2D eigenvalue weighted by Crippen LogP contribution is 2.15. The molecular weight excluding hydrogens is 418 g/mol. The molecule has 3 N–H and O–H groups in total. The predicted octanol–water partition coefficient (Wildman–Crippen LogP) is 1.43. The number of methoxy groups -OCH3 is 1. The first-order valence-corrected chi connectivity index (χ1v) is 11.4. The summed E-state index contributed by atoms with van der Waals surface area (Å²) in [4.78, 5) is 0. The van der Waals surface area contributed by atoms with Gasteiger partial charge in [0.1, 0.15) is 11.8 Å². The molecule has 1 rings (SSSR count). The van der Waals surface area contributed by atoms with Crippen LogP contribution in [-0.2, 0) is 32.1 Å². The van der Waals surface area contributed by atoms with Crippen LogP contribution in [0.25, 0.3) is 0 Å². The number of unbranched alkanes of at least 4 members (excludes halogenated alkanes) is 2. The Morgan fingerprint density at radius 3 is 2.38 bits per heavy atom. The summed E-state index contributed by atoms with van der Waals surface area (Å²) in [6.07, 6.45) is 4.34. The number of ether oxygens (including phenoxy) is 4. The van der Waals surface area contributed by atoms with Gasteiger partial charge in [0.05, 0.1) is 51.9 Å². The fraction of sp³-hybridized carbons (Fsp3) is 0.818. The first-order chi connectivity index (χ1) is 15.5. The molecule has 186 valence electrons. The Hall–Kier alpha value is -1.40. The van der Waals surface area contributed by atoms with Gasteiger partial charge in [-0.25, -0.2) is 4.68 Å². The number of nitrogens with zero attached hydrogens (tertiary/aromatic N) is 3. The fourth-order valence-corrected chi connectivity index (χ4v) is 2.93. The number of allylic oxidation sites excluding steroid dienone is 1. The molecule has 32 heavy (non-hydrogen) atoms. The number of hydrogen-bond donors (Lipinski definition) is 3. The molecule has 0 unspecified atom stereocenters. The quantitative estimate of drug-likeness (QED) is 0.151. The van der Waals surface area contributed by atoms with Crippen molar-refractivity contribution in [3.8, 4) is 0 Å². The largest absolute Gasteiger partial charge is 0.390 e. The second-order valence-corrected chi connectivity index (χ2v) is 7.54. The lowest BCUT2D eigenvalue weighted by molar-refractivity contribution is -0.0882. The average molecular weight is 460 g/mol. The van der Waals surface area contributed by atoms with Crippen LogP contribution in [0.3, 0.4) is 0 Å². The van der Waals surface area contributed by atoms with Crippen molar-refractivity contribution >= 4 is 0 Å². The van der Waals surface area contributed by atoms with E-state index >= 15 is 0 Å². The zero-order chi connectivity index (χ0) is 23.6. The van der Waals surface area contributed by atoms with Crippen molar-refractivity contribution in [3.05, 3.63) is 23.5 Å². The summed E-state index contributed by atoms with van der Waals surface area (Å²) < 4.78 is 22.8. The molecule has 0 bridgehead atoms. The normalized spacial score (nSPS) is 15.1. The van der Waals surface area contributed by atoms with E-state index in [-0.39, 0.29) is 19.4 Å². The van der Waals surface area contributed by atoms with E-state index < -0.39 is 18.5 Å². The van der Waals surface area contributed by atoms with E-state index in [0.717, 1.165) is 13.0 Å². The highest BCUT2D eigenvalue weighted by Gasteiger charge is 2.22. The molecule has 10 heteroatoms. The summed E-state index contributed by atoms with van der Waals surface area (Å²) in [7, 11) is 1.38. The van der Waals surface area contributed by atoms with E-state index in [1.54, 1.807) is 23.9 Å². The van der Waals surface area contributed by atoms with Gasteiger partial charge in [-0.2, -0.15) is 0 Å². The second kappa shape index (κ2) is 18.1. The van der Waals surface area contributed by atoms with Gasteiger partial charge in [0.15, 0.2) is 6.29 Å². The summed E-state index contributed by atoms with van der Waals surface area (Å²) in [6, 6.07) is 0. The summed E-state index contributed by atoms with van der Waals surface area (Å²) >= 11 is 0. The van der Waals surface area contributed by atoms with Crippen LogP contribution in [0.5, 0.6) is 0 Å². The summed E-state index contributed by atoms with van der Waals surface area (Å²) in [5, 5.41) is 38.1. The third-order valence-corrected chi connectivity index (χ3v) is 4.91. The van der Waals surface area contributed by atoms with E-state index in [0.29, 0.717) is 44.3 Å². The zero-order valence-electron chi connectivity index (χ0n) is 19.7. The van der Waals surface area contributed by atoms with Gasteiger partial charge in [-0.1, -0.05) is 31.1 Å². The molecule has 0 spiro atoms. The third-order valence-electron chi connectivity index (χ3n) is 4.91. The van der Waals surface area contributed by atoms with Crippen molar-refractivity contribution in [2.75, 3.05) is 40.1 Å². The van der Waals surface area contributed by atoms with Gasteiger partial charge in [-0.05, 0) is 25.3 Å². The van der Waals surface area contributed by atoms with E-state index in [1.807, 2.05) is 0 Å². The van der Waals surface area contributed by atoms with E-state index in [4.69, 9.17) is 18.9 Å². The molecule has 1 aromatic heterocycles. The monoisotopic (exact) mass is 459 g/mol. The summed E-state index contributed by atoms with van der Waals surface area (Å²) in [6.45, 7) is 7.40. The molecule has 0 aliphatic carbocycles. The fourth-order valence-electron chi connectivity index (χ4n) is 2.93. The predicted molar refractivity (Wildman–Crippen MR) is 119 cm³/mol. The first kappa shape index (κ1) is 28.6. The number of aliphatic hydroxyl groups excluding tert-OH is 3. The van der Waals surface area contributed by atoms with Crippen LogP contribution in [0.4, 0.5) is 0 Å². The molecule has 0 saturated heterocycles. The Balaban J connectivity index is 2.23. The maximum atomic E-state index is 10.4. The van der Waals surface area contributed by atoms with Crippen molar-refractivity contribution in [1.82, 2.24) is 15.0 Å². The lowest BCUT2D eigenvalue weighted by Crippen LogP contribution is -2.31. The van der Waals surface area contributed by atoms with Crippen molar-refractivity contribution in [2.24, 2.45) is 0 Å². The molecule has 0 aromatic carbocycles. The van der Waals surface area contributed by atoms with Crippen LogP contribution in [0.1, 0.15) is 51.6 Å². The zero-order valence-corrected chi connectivity index (χ0v) is 19.7. The smallest absolute Gasteiger partial charge is 0.154 e. The Bertz CT molecular complexity index is 612. The summed E-state index contributed by atoms with van der Waals surface area (Å²) in [5.74, 6) is 0. The molecular formula is C22H41N3O7. The maximum absolute atomic E-state index is 10.4. The Kier molecular flexibility index (Phi) is 16.2. The number of hydrogen-bond acceptors (Lipinski definition) is 9. The average Bonchev–Trinajstić information content (AvgIpc) is 3.25. The van der Waals surface area contributed by atoms with Gasteiger partial charge in [0, 0.05) is 20.1 Å². The van der Waals surface area contributed by atoms with Crippen LogP contribution in [0.15, 0.2) is 17.8 Å². The summed E-state index contributed by atoms with van der Waals surface area (Å²) in [5.41, 5.74) is 1.27. The van der Waals surface area contributed by atoms with Gasteiger partial charge < -0.3 is 34.3 Å². The SMILES string of the molecule is C/C=C(/Cn1cc(COCCOCCOCCCCC)nn1)[C@@H](O)[C@H](O)CC[C@H](O)OC. The van der Waals surface area contributed by atoms with Crippen LogP contribution in [0.2, 0.25) is 0 Å². The van der Waals surface area contributed by atoms with Crippen molar-refractivity contribution in [1.29, 1.82) is 0 Å². The second-order valence-electron chi connectivity index (χ2n) is 7.54. The third kappa shape index (κ3) is 12.6. The van der Waals surface area contributed by atoms with E-state index in [2.05, 4.69) is 17.2 Å². The van der Waals surface area contributed by atoms with Gasteiger partial charge in [-0.15, -0.1) is 5.10 Å². The molecule has 0 fully saturated rings. The lowest BCUT2D eigenvalue weighted by atomic mass is 10.0. The molecule has 10 nitrogen and oxygen atoms in total. The van der Waals surface area contributed by atoms with Crippen molar-refractivity contribution in [3.63, 3.8) is 0 Å². The molecule has 1 aromatic rings. The molecule has 0 aliphatic rings. The minimum Gasteiger partial charge on any atom is -0.390 e. The minimum atomic E-state index is -1.07. The number of aliphatic hydroxyl groups is 3.